The maximum absolute atomic E-state index is 11.0. The number of aliphatic hydroxyl groups is 1. The van der Waals surface area contributed by atoms with E-state index in [0.29, 0.717) is 18.4 Å². The second-order valence-electron chi connectivity index (χ2n) is 5.79. The van der Waals surface area contributed by atoms with Gasteiger partial charge in [-0.2, -0.15) is 5.26 Å². The molecule has 1 aliphatic carbocycles. The highest BCUT2D eigenvalue weighted by Crippen LogP contribution is 2.39. The predicted octanol–water partition coefficient (Wildman–Crippen LogP) is 3.16. The first kappa shape index (κ1) is 12.9. The highest BCUT2D eigenvalue weighted by Gasteiger charge is 2.37. The van der Waals surface area contributed by atoms with Crippen molar-refractivity contribution >= 4 is 0 Å². The Balaban J connectivity index is 2.00. The summed E-state index contributed by atoms with van der Waals surface area (Å²) >= 11 is 0. The molecule has 2 aromatic carbocycles. The Bertz CT molecular complexity index is 709. The maximum atomic E-state index is 11.0. The molecule has 1 aliphatic rings. The molecule has 1 N–H and O–H groups in total. The fourth-order valence-corrected chi connectivity index (χ4v) is 3.23. The first-order chi connectivity index (χ1) is 9.51. The SMILES string of the molecule is Cc1cc(C)c2c(c1)CC(O)(c1ccc(C#N)cc1)C2. The van der Waals surface area contributed by atoms with Crippen molar-refractivity contribution < 1.29 is 5.11 Å². The molecule has 0 bridgehead atoms. The number of hydrogen-bond acceptors (Lipinski definition) is 2. The zero-order valence-electron chi connectivity index (χ0n) is 11.8. The molecular weight excluding hydrogens is 246 g/mol. The van der Waals surface area contributed by atoms with Gasteiger partial charge in [-0.15, -0.1) is 0 Å². The summed E-state index contributed by atoms with van der Waals surface area (Å²) in [5, 5.41) is 19.8. The van der Waals surface area contributed by atoms with Gasteiger partial charge in [-0.25, -0.2) is 0 Å². The average Bonchev–Trinajstić information content (AvgIpc) is 2.77. The second kappa shape index (κ2) is 4.47. The molecule has 20 heavy (non-hydrogen) atoms. The minimum absolute atomic E-state index is 0.625. The van der Waals surface area contributed by atoms with Crippen molar-refractivity contribution in [2.24, 2.45) is 0 Å². The molecule has 0 radical (unpaired) electrons. The van der Waals surface area contributed by atoms with Crippen LogP contribution >= 0.6 is 0 Å². The van der Waals surface area contributed by atoms with E-state index in [0.717, 1.165) is 5.56 Å². The van der Waals surface area contributed by atoms with Gasteiger partial charge in [0.05, 0.1) is 17.2 Å². The van der Waals surface area contributed by atoms with Gasteiger partial charge in [0.15, 0.2) is 0 Å². The number of nitriles is 1. The van der Waals surface area contributed by atoms with E-state index in [1.54, 1.807) is 12.1 Å². The van der Waals surface area contributed by atoms with Crippen LogP contribution in [0.25, 0.3) is 0 Å². The molecule has 0 spiro atoms. The lowest BCUT2D eigenvalue weighted by molar-refractivity contribution is 0.0481. The number of rotatable bonds is 1. The van der Waals surface area contributed by atoms with Gasteiger partial charge >= 0.3 is 0 Å². The van der Waals surface area contributed by atoms with Crippen LogP contribution in [0.2, 0.25) is 0 Å². The second-order valence-corrected chi connectivity index (χ2v) is 5.79. The Labute approximate surface area is 119 Å². The lowest BCUT2D eigenvalue weighted by Gasteiger charge is -2.22. The summed E-state index contributed by atoms with van der Waals surface area (Å²) in [5.41, 5.74) is 5.69. The molecule has 0 heterocycles. The van der Waals surface area contributed by atoms with E-state index in [1.165, 1.54) is 22.3 Å². The van der Waals surface area contributed by atoms with Crippen molar-refractivity contribution in [1.82, 2.24) is 0 Å². The summed E-state index contributed by atoms with van der Waals surface area (Å²) in [5.74, 6) is 0. The standard InChI is InChI=1S/C18H17NO/c1-12-7-13(2)17-10-18(20,9-15(17)8-12)16-5-3-14(11-19)4-6-16/h3-8,20H,9-10H2,1-2H3. The number of nitrogens with zero attached hydrogens (tertiary/aromatic N) is 1. The molecule has 0 amide bonds. The van der Waals surface area contributed by atoms with Crippen LogP contribution in [0.4, 0.5) is 0 Å². The predicted molar refractivity (Wildman–Crippen MR) is 78.4 cm³/mol. The topological polar surface area (TPSA) is 44.0 Å². The van der Waals surface area contributed by atoms with Crippen LogP contribution in [0.15, 0.2) is 36.4 Å². The quantitative estimate of drug-likeness (QED) is 0.859. The van der Waals surface area contributed by atoms with Crippen molar-refractivity contribution in [2.45, 2.75) is 32.3 Å². The Kier molecular flexibility index (Phi) is 2.88. The van der Waals surface area contributed by atoms with Crippen LogP contribution in [-0.4, -0.2) is 5.11 Å². The van der Waals surface area contributed by atoms with Crippen molar-refractivity contribution in [3.05, 3.63) is 69.8 Å². The Morgan fingerprint density at radius 2 is 1.80 bits per heavy atom. The molecule has 3 rings (SSSR count). The molecule has 100 valence electrons. The summed E-state index contributed by atoms with van der Waals surface area (Å²) in [4.78, 5) is 0. The highest BCUT2D eigenvalue weighted by atomic mass is 16.3. The minimum Gasteiger partial charge on any atom is -0.384 e. The van der Waals surface area contributed by atoms with E-state index in [-0.39, 0.29) is 0 Å². The Morgan fingerprint density at radius 1 is 1.10 bits per heavy atom. The van der Waals surface area contributed by atoms with Gasteiger partial charge in [-0.05, 0) is 48.2 Å². The monoisotopic (exact) mass is 263 g/mol. The van der Waals surface area contributed by atoms with Gasteiger partial charge in [0.25, 0.3) is 0 Å². The van der Waals surface area contributed by atoms with Crippen LogP contribution in [-0.2, 0) is 18.4 Å². The highest BCUT2D eigenvalue weighted by molar-refractivity contribution is 5.47. The molecule has 0 fully saturated rings. The van der Waals surface area contributed by atoms with Gasteiger partial charge in [0.2, 0.25) is 0 Å². The third kappa shape index (κ3) is 2.01. The molecule has 0 saturated heterocycles. The van der Waals surface area contributed by atoms with Crippen LogP contribution in [0.5, 0.6) is 0 Å². The zero-order chi connectivity index (χ0) is 14.3. The molecule has 1 unspecified atom stereocenters. The van der Waals surface area contributed by atoms with Crippen molar-refractivity contribution in [3.8, 4) is 6.07 Å². The third-order valence-corrected chi connectivity index (χ3v) is 4.21. The molecule has 0 aromatic heterocycles. The maximum Gasteiger partial charge on any atom is 0.0991 e. The fraction of sp³-hybridized carbons (Fsp3) is 0.278. The van der Waals surface area contributed by atoms with Gasteiger partial charge in [-0.3, -0.25) is 0 Å². The van der Waals surface area contributed by atoms with Crippen LogP contribution < -0.4 is 0 Å². The number of benzene rings is 2. The summed E-state index contributed by atoms with van der Waals surface area (Å²) < 4.78 is 0. The minimum atomic E-state index is -0.838. The zero-order valence-corrected chi connectivity index (χ0v) is 11.8. The number of aryl methyl sites for hydroxylation is 2. The lowest BCUT2D eigenvalue weighted by Crippen LogP contribution is -2.26. The van der Waals surface area contributed by atoms with E-state index < -0.39 is 5.60 Å². The Morgan fingerprint density at radius 3 is 2.45 bits per heavy atom. The van der Waals surface area contributed by atoms with Crippen LogP contribution in [0.1, 0.15) is 33.4 Å². The molecule has 1 atom stereocenters. The number of hydrogen-bond donors (Lipinski definition) is 1. The number of fused-ring (bicyclic) bond motifs is 1. The first-order valence-electron chi connectivity index (χ1n) is 6.84. The molecule has 2 heteroatoms. The van der Waals surface area contributed by atoms with E-state index in [4.69, 9.17) is 5.26 Å². The van der Waals surface area contributed by atoms with Gasteiger partial charge in [0.1, 0.15) is 0 Å². The summed E-state index contributed by atoms with van der Waals surface area (Å²) in [7, 11) is 0. The summed E-state index contributed by atoms with van der Waals surface area (Å²) in [6.07, 6.45) is 1.30. The van der Waals surface area contributed by atoms with Gasteiger partial charge in [-0.1, -0.05) is 29.8 Å². The molecule has 2 nitrogen and oxygen atoms in total. The first-order valence-corrected chi connectivity index (χ1v) is 6.84. The molecular formula is C18H17NO. The van der Waals surface area contributed by atoms with Crippen LogP contribution in [0, 0.1) is 25.2 Å². The van der Waals surface area contributed by atoms with Crippen molar-refractivity contribution in [1.29, 1.82) is 5.26 Å². The Hall–Kier alpha value is -2.11. The van der Waals surface area contributed by atoms with E-state index in [2.05, 4.69) is 32.0 Å². The molecule has 2 aromatic rings. The summed E-state index contributed by atoms with van der Waals surface area (Å²) in [6.45, 7) is 4.20. The molecule has 0 aliphatic heterocycles. The lowest BCUT2D eigenvalue weighted by atomic mass is 9.90. The largest absolute Gasteiger partial charge is 0.384 e. The fourth-order valence-electron chi connectivity index (χ4n) is 3.23. The van der Waals surface area contributed by atoms with Crippen LogP contribution in [0.3, 0.4) is 0 Å². The molecule has 0 saturated carbocycles. The summed E-state index contributed by atoms with van der Waals surface area (Å²) in [6, 6.07) is 13.7. The third-order valence-electron chi connectivity index (χ3n) is 4.21. The van der Waals surface area contributed by atoms with E-state index >= 15 is 0 Å². The van der Waals surface area contributed by atoms with E-state index in [1.807, 2.05) is 12.1 Å². The van der Waals surface area contributed by atoms with Crippen molar-refractivity contribution in [2.75, 3.05) is 0 Å². The smallest absolute Gasteiger partial charge is 0.0991 e. The van der Waals surface area contributed by atoms with Crippen molar-refractivity contribution in [3.63, 3.8) is 0 Å². The average molecular weight is 263 g/mol. The normalized spacial score (nSPS) is 20.5. The van der Waals surface area contributed by atoms with Gasteiger partial charge in [0, 0.05) is 12.8 Å². The van der Waals surface area contributed by atoms with Gasteiger partial charge < -0.3 is 5.11 Å². The van der Waals surface area contributed by atoms with E-state index in [9.17, 15) is 5.11 Å².